The number of Topliss-reactive ketones (excluding diaryl/α,β-unsaturated/α-hetero) is 1. The quantitative estimate of drug-likeness (QED) is 0.120. The molecule has 0 spiro atoms. The van der Waals surface area contributed by atoms with Gasteiger partial charge in [-0.25, -0.2) is 4.39 Å². The van der Waals surface area contributed by atoms with E-state index in [2.05, 4.69) is 21.8 Å². The number of ketones is 1. The number of ether oxygens (including phenoxy) is 1. The van der Waals surface area contributed by atoms with Crippen LogP contribution in [0.5, 0.6) is 6.01 Å². The number of fused-ring (bicyclic) bond motifs is 2. The molecule has 1 aliphatic heterocycles. The summed E-state index contributed by atoms with van der Waals surface area (Å²) in [5.74, 6) is -0.205. The van der Waals surface area contributed by atoms with Crippen molar-refractivity contribution in [2.75, 3.05) is 26.2 Å². The van der Waals surface area contributed by atoms with Crippen LogP contribution in [0.1, 0.15) is 80.5 Å². The molecular weight excluding hydrogens is 602 g/mol. The maximum atomic E-state index is 14.7. The van der Waals surface area contributed by atoms with E-state index in [0.717, 1.165) is 69.1 Å². The number of piperidine rings is 1. The summed E-state index contributed by atoms with van der Waals surface area (Å²) in [4.78, 5) is 23.6. The summed E-state index contributed by atoms with van der Waals surface area (Å²) in [7, 11) is 0. The van der Waals surface area contributed by atoms with Crippen LogP contribution in [0.25, 0.3) is 32.1 Å². The van der Waals surface area contributed by atoms with Gasteiger partial charge in [-0.15, -0.1) is 11.3 Å². The minimum Gasteiger partial charge on any atom is -0.463 e. The lowest BCUT2D eigenvalue weighted by molar-refractivity contribution is -0.137. The number of carbonyl (C=O) groups is 1. The Morgan fingerprint density at radius 3 is 2.56 bits per heavy atom. The first-order valence-corrected chi connectivity index (χ1v) is 16.5. The van der Waals surface area contributed by atoms with Gasteiger partial charge >= 0.3 is 12.2 Å². The number of aromatic nitrogens is 2. The van der Waals surface area contributed by atoms with Crippen LogP contribution in [0, 0.1) is 32.0 Å². The lowest BCUT2D eigenvalue weighted by Gasteiger charge is -2.40. The molecule has 0 bridgehead atoms. The third kappa shape index (κ3) is 7.49. The van der Waals surface area contributed by atoms with E-state index in [9.17, 15) is 22.4 Å². The molecule has 1 unspecified atom stereocenters. The Labute approximate surface area is 266 Å². The van der Waals surface area contributed by atoms with Crippen molar-refractivity contribution in [3.8, 4) is 17.1 Å². The van der Waals surface area contributed by atoms with Crippen LogP contribution < -0.4 is 4.74 Å². The standard InChI is InChI=1S/C35H41F4N3O2S/c1-21(43)11-8-6-7-9-15-42-16-10-14-34(5,19-42)20-44-33-40-24(4)26-18-28(35(37,38)39)30(23(3)31(26)41-33)25-12-13-29(36)32-27(25)17-22(2)45-32/h12-13,17-18H,6-11,14-16,19-20H2,1-5H3. The number of nitrogens with zero attached hydrogens (tertiary/aromatic N) is 3. The van der Waals surface area contributed by atoms with Crippen molar-refractivity contribution in [3.05, 3.63) is 51.8 Å². The van der Waals surface area contributed by atoms with Crippen molar-refractivity contribution in [2.45, 2.75) is 85.7 Å². The predicted octanol–water partition coefficient (Wildman–Crippen LogP) is 9.62. The van der Waals surface area contributed by atoms with Crippen LogP contribution in [-0.2, 0) is 11.0 Å². The van der Waals surface area contributed by atoms with Gasteiger partial charge in [0.1, 0.15) is 11.6 Å². The second kappa shape index (κ2) is 13.3. The van der Waals surface area contributed by atoms with E-state index in [4.69, 9.17) is 4.74 Å². The molecule has 1 atom stereocenters. The Morgan fingerprint density at radius 2 is 1.82 bits per heavy atom. The topological polar surface area (TPSA) is 55.3 Å². The van der Waals surface area contributed by atoms with E-state index < -0.39 is 17.6 Å². The van der Waals surface area contributed by atoms with Gasteiger partial charge < -0.3 is 14.4 Å². The van der Waals surface area contributed by atoms with Crippen LogP contribution in [0.2, 0.25) is 0 Å². The average molecular weight is 644 g/mol. The molecule has 5 rings (SSSR count). The Hall–Kier alpha value is -3.11. The molecule has 0 amide bonds. The molecule has 242 valence electrons. The van der Waals surface area contributed by atoms with E-state index in [1.165, 1.54) is 23.5 Å². The summed E-state index contributed by atoms with van der Waals surface area (Å²) in [6.45, 7) is 12.3. The number of carbonyl (C=O) groups excluding carboxylic acids is 1. The van der Waals surface area contributed by atoms with E-state index in [0.29, 0.717) is 50.8 Å². The van der Waals surface area contributed by atoms with Crippen molar-refractivity contribution < 1.29 is 27.1 Å². The van der Waals surface area contributed by atoms with Crippen LogP contribution in [0.15, 0.2) is 24.3 Å². The third-order valence-electron chi connectivity index (χ3n) is 8.90. The van der Waals surface area contributed by atoms with Crippen LogP contribution in [-0.4, -0.2) is 46.9 Å². The van der Waals surface area contributed by atoms with Gasteiger partial charge in [0.2, 0.25) is 0 Å². The molecule has 45 heavy (non-hydrogen) atoms. The molecule has 2 aromatic carbocycles. The fourth-order valence-electron chi connectivity index (χ4n) is 6.66. The number of hydrogen-bond donors (Lipinski definition) is 0. The van der Waals surface area contributed by atoms with Gasteiger partial charge in [-0.3, -0.25) is 0 Å². The van der Waals surface area contributed by atoms with E-state index in [-0.39, 0.29) is 22.8 Å². The normalized spacial score (nSPS) is 17.8. The molecule has 1 aliphatic rings. The second-order valence-electron chi connectivity index (χ2n) is 12.9. The fraction of sp³-hybridized carbons (Fsp3) is 0.514. The largest absolute Gasteiger partial charge is 0.463 e. The zero-order chi connectivity index (χ0) is 32.5. The lowest BCUT2D eigenvalue weighted by atomic mass is 9.82. The first-order valence-electron chi connectivity index (χ1n) is 15.7. The first kappa shape index (κ1) is 33.3. The summed E-state index contributed by atoms with van der Waals surface area (Å²) in [6, 6.07) is 5.67. The Morgan fingerprint density at radius 1 is 1.07 bits per heavy atom. The molecule has 3 heterocycles. The van der Waals surface area contributed by atoms with Crippen molar-refractivity contribution in [1.29, 1.82) is 0 Å². The number of likely N-dealkylation sites (tertiary alicyclic amines) is 1. The monoisotopic (exact) mass is 643 g/mol. The lowest BCUT2D eigenvalue weighted by Crippen LogP contribution is -2.45. The van der Waals surface area contributed by atoms with Crippen molar-refractivity contribution in [1.82, 2.24) is 14.9 Å². The number of unbranched alkanes of at least 4 members (excludes halogenated alkanes) is 3. The van der Waals surface area contributed by atoms with Crippen LogP contribution in [0.4, 0.5) is 17.6 Å². The number of halogens is 4. The zero-order valence-electron chi connectivity index (χ0n) is 26.7. The highest BCUT2D eigenvalue weighted by atomic mass is 32.1. The fourth-order valence-corrected chi connectivity index (χ4v) is 7.60. The van der Waals surface area contributed by atoms with Gasteiger partial charge in [0, 0.05) is 34.0 Å². The maximum Gasteiger partial charge on any atom is 0.417 e. The number of aryl methyl sites for hydroxylation is 3. The summed E-state index contributed by atoms with van der Waals surface area (Å²) in [5.41, 5.74) is 0.572. The number of rotatable bonds is 11. The molecule has 0 radical (unpaired) electrons. The van der Waals surface area contributed by atoms with Gasteiger partial charge in [0.05, 0.1) is 28.1 Å². The van der Waals surface area contributed by atoms with E-state index in [1.54, 1.807) is 26.8 Å². The molecule has 1 fully saturated rings. The summed E-state index contributed by atoms with van der Waals surface area (Å²) in [6.07, 6.45) is 2.28. The minimum atomic E-state index is -4.64. The van der Waals surface area contributed by atoms with Gasteiger partial charge in [-0.2, -0.15) is 23.1 Å². The van der Waals surface area contributed by atoms with E-state index >= 15 is 0 Å². The van der Waals surface area contributed by atoms with Gasteiger partial charge in [-0.1, -0.05) is 25.8 Å². The summed E-state index contributed by atoms with van der Waals surface area (Å²) < 4.78 is 64.8. The molecule has 4 aromatic rings. The number of alkyl halides is 3. The van der Waals surface area contributed by atoms with E-state index in [1.807, 2.05) is 6.92 Å². The van der Waals surface area contributed by atoms with Gasteiger partial charge in [0.25, 0.3) is 0 Å². The van der Waals surface area contributed by atoms with Crippen LogP contribution >= 0.6 is 11.3 Å². The highest BCUT2D eigenvalue weighted by molar-refractivity contribution is 7.19. The Balaban J connectivity index is 1.40. The molecule has 0 saturated carbocycles. The van der Waals surface area contributed by atoms with Crippen molar-refractivity contribution in [3.63, 3.8) is 0 Å². The molecule has 10 heteroatoms. The molecule has 0 N–H and O–H groups in total. The predicted molar refractivity (Wildman–Crippen MR) is 173 cm³/mol. The number of thiophene rings is 1. The number of benzene rings is 2. The molecule has 5 nitrogen and oxygen atoms in total. The summed E-state index contributed by atoms with van der Waals surface area (Å²) in [5, 5.41) is 0.771. The molecule has 1 saturated heterocycles. The van der Waals surface area contributed by atoms with Gasteiger partial charge in [-0.05, 0) is 101 Å². The zero-order valence-corrected chi connectivity index (χ0v) is 27.5. The van der Waals surface area contributed by atoms with Crippen LogP contribution in [0.3, 0.4) is 0 Å². The van der Waals surface area contributed by atoms with Crippen molar-refractivity contribution in [2.24, 2.45) is 5.41 Å². The number of hydrogen-bond acceptors (Lipinski definition) is 6. The molecule has 2 aromatic heterocycles. The summed E-state index contributed by atoms with van der Waals surface area (Å²) >= 11 is 1.23. The SMILES string of the molecule is CC(=O)CCCCCCN1CCCC(C)(COc2nc(C)c3cc(C(F)(F)F)c(-c4ccc(F)c5sc(C)cc45)c(C)c3n2)C1. The minimum absolute atomic E-state index is 0.00183. The smallest absolute Gasteiger partial charge is 0.417 e. The average Bonchev–Trinajstić information content (AvgIpc) is 3.36. The highest BCUT2D eigenvalue weighted by Crippen LogP contribution is 2.46. The first-order chi connectivity index (χ1) is 21.3. The maximum absolute atomic E-state index is 14.7. The highest BCUT2D eigenvalue weighted by Gasteiger charge is 2.37. The van der Waals surface area contributed by atoms with Crippen molar-refractivity contribution >= 4 is 38.1 Å². The third-order valence-corrected chi connectivity index (χ3v) is 9.96. The van der Waals surface area contributed by atoms with Gasteiger partial charge in [0.15, 0.2) is 0 Å². The Kier molecular flexibility index (Phi) is 9.84. The molecular formula is C35H41F4N3O2S. The molecule has 0 aliphatic carbocycles. The second-order valence-corrected chi connectivity index (χ2v) is 14.2. The Bertz CT molecular complexity index is 1720.